The number of rotatable bonds is 3. The minimum absolute atomic E-state index is 0.173. The molecular weight excluding hydrogens is 164 g/mol. The Balaban J connectivity index is 2.74. The molecule has 0 radical (unpaired) electrons. The lowest BCUT2D eigenvalue weighted by Crippen LogP contribution is -2.25. The van der Waals surface area contributed by atoms with Crippen LogP contribution in [0.4, 0.5) is 0 Å². The first-order valence-corrected chi connectivity index (χ1v) is 4.36. The van der Waals surface area contributed by atoms with Crippen molar-refractivity contribution < 1.29 is 9.84 Å². The van der Waals surface area contributed by atoms with Crippen LogP contribution in [-0.4, -0.2) is 17.8 Å². The van der Waals surface area contributed by atoms with Crippen molar-refractivity contribution in [1.29, 1.82) is 0 Å². The molecule has 0 unspecified atom stereocenters. The molecule has 0 saturated heterocycles. The average molecular weight is 180 g/mol. The fourth-order valence-corrected chi connectivity index (χ4v) is 1.23. The molecule has 0 saturated carbocycles. The van der Waals surface area contributed by atoms with E-state index in [4.69, 9.17) is 4.74 Å². The molecule has 1 aromatic rings. The van der Waals surface area contributed by atoms with Crippen molar-refractivity contribution in [3.8, 4) is 5.75 Å². The zero-order chi connectivity index (χ0) is 9.90. The van der Waals surface area contributed by atoms with E-state index < -0.39 is 0 Å². The van der Waals surface area contributed by atoms with Gasteiger partial charge in [-0.05, 0) is 31.5 Å². The largest absolute Gasteiger partial charge is 0.508 e. The molecule has 2 heteroatoms. The van der Waals surface area contributed by atoms with Gasteiger partial charge in [0.25, 0.3) is 0 Å². The first kappa shape index (κ1) is 10.1. The Kier molecular flexibility index (Phi) is 2.94. The molecule has 0 aliphatic rings. The van der Waals surface area contributed by atoms with Crippen molar-refractivity contribution in [3.05, 3.63) is 29.8 Å². The van der Waals surface area contributed by atoms with Crippen LogP contribution >= 0.6 is 0 Å². The molecule has 0 aliphatic carbocycles. The zero-order valence-corrected chi connectivity index (χ0v) is 8.37. The summed E-state index contributed by atoms with van der Waals surface area (Å²) in [6.45, 7) is 4.05. The normalized spacial score (nSPS) is 11.6. The van der Waals surface area contributed by atoms with E-state index in [1.54, 1.807) is 19.2 Å². The predicted molar refractivity (Wildman–Crippen MR) is 52.9 cm³/mol. The summed E-state index contributed by atoms with van der Waals surface area (Å²) in [5.41, 5.74) is 0.917. The number of hydrogen-bond donors (Lipinski definition) is 1. The average Bonchev–Trinajstić information content (AvgIpc) is 2.03. The maximum atomic E-state index is 9.24. The van der Waals surface area contributed by atoms with Crippen LogP contribution in [0.2, 0.25) is 0 Å². The molecule has 0 aromatic heterocycles. The van der Waals surface area contributed by atoms with Gasteiger partial charge in [0.15, 0.2) is 0 Å². The maximum absolute atomic E-state index is 9.24. The third kappa shape index (κ3) is 3.07. The lowest BCUT2D eigenvalue weighted by atomic mass is 9.98. The van der Waals surface area contributed by atoms with E-state index in [2.05, 4.69) is 0 Å². The Morgan fingerprint density at radius 1 is 1.38 bits per heavy atom. The highest BCUT2D eigenvalue weighted by Crippen LogP contribution is 2.18. The number of methoxy groups -OCH3 is 1. The number of aromatic hydroxyl groups is 1. The molecule has 0 heterocycles. The first-order valence-electron chi connectivity index (χ1n) is 4.36. The second-order valence-electron chi connectivity index (χ2n) is 3.81. The van der Waals surface area contributed by atoms with Crippen LogP contribution in [0, 0.1) is 0 Å². The van der Waals surface area contributed by atoms with Gasteiger partial charge in [0, 0.05) is 13.5 Å². The highest BCUT2D eigenvalue weighted by Gasteiger charge is 2.16. The molecular formula is C11H16O2. The van der Waals surface area contributed by atoms with Gasteiger partial charge in [-0.1, -0.05) is 12.1 Å². The quantitative estimate of drug-likeness (QED) is 0.773. The summed E-state index contributed by atoms with van der Waals surface area (Å²) in [6.07, 6.45) is 0.803. The number of phenolic OH excluding ortho intramolecular Hbond substituents is 1. The molecule has 1 N–H and O–H groups in total. The predicted octanol–water partition coefficient (Wildman–Crippen LogP) is 2.36. The number of benzene rings is 1. The summed E-state index contributed by atoms with van der Waals surface area (Å²) >= 11 is 0. The van der Waals surface area contributed by atoms with Gasteiger partial charge >= 0.3 is 0 Å². The van der Waals surface area contributed by atoms with Gasteiger partial charge in [0.05, 0.1) is 5.60 Å². The fourth-order valence-electron chi connectivity index (χ4n) is 1.23. The molecule has 0 spiro atoms. The second-order valence-corrected chi connectivity index (χ2v) is 3.81. The van der Waals surface area contributed by atoms with Crippen LogP contribution in [0.1, 0.15) is 19.4 Å². The van der Waals surface area contributed by atoms with Crippen LogP contribution < -0.4 is 0 Å². The Morgan fingerprint density at radius 3 is 2.62 bits per heavy atom. The van der Waals surface area contributed by atoms with Crippen molar-refractivity contribution in [2.45, 2.75) is 25.9 Å². The van der Waals surface area contributed by atoms with Gasteiger partial charge in [-0.15, -0.1) is 0 Å². The van der Waals surface area contributed by atoms with Crippen molar-refractivity contribution in [1.82, 2.24) is 0 Å². The van der Waals surface area contributed by atoms with E-state index in [1.165, 1.54) is 0 Å². The highest BCUT2D eigenvalue weighted by atomic mass is 16.5. The van der Waals surface area contributed by atoms with Crippen LogP contribution in [0.15, 0.2) is 24.3 Å². The van der Waals surface area contributed by atoms with Crippen LogP contribution in [-0.2, 0) is 11.2 Å². The van der Waals surface area contributed by atoms with Crippen LogP contribution in [0.3, 0.4) is 0 Å². The molecule has 0 fully saturated rings. The third-order valence-corrected chi connectivity index (χ3v) is 2.09. The van der Waals surface area contributed by atoms with Crippen molar-refractivity contribution in [2.24, 2.45) is 0 Å². The fraction of sp³-hybridized carbons (Fsp3) is 0.455. The summed E-state index contributed by atoms with van der Waals surface area (Å²) in [5.74, 6) is 0.310. The summed E-state index contributed by atoms with van der Waals surface area (Å²) in [5, 5.41) is 9.24. The molecule has 72 valence electrons. The Hall–Kier alpha value is -1.02. The maximum Gasteiger partial charge on any atom is 0.115 e. The Bertz CT molecular complexity index is 279. The first-order chi connectivity index (χ1) is 6.03. The molecule has 0 aliphatic heterocycles. The Morgan fingerprint density at radius 2 is 2.08 bits per heavy atom. The smallest absolute Gasteiger partial charge is 0.115 e. The standard InChI is InChI=1S/C11H16O2/c1-11(2,13-3)8-9-5-4-6-10(12)7-9/h4-7,12H,8H2,1-3H3. The molecule has 13 heavy (non-hydrogen) atoms. The van der Waals surface area contributed by atoms with Gasteiger partial charge < -0.3 is 9.84 Å². The van der Waals surface area contributed by atoms with E-state index in [-0.39, 0.29) is 5.60 Å². The van der Waals surface area contributed by atoms with Gasteiger partial charge in [-0.3, -0.25) is 0 Å². The van der Waals surface area contributed by atoms with Crippen LogP contribution in [0.5, 0.6) is 5.75 Å². The lowest BCUT2D eigenvalue weighted by molar-refractivity contribution is 0.0232. The lowest BCUT2D eigenvalue weighted by Gasteiger charge is -2.22. The van der Waals surface area contributed by atoms with Gasteiger partial charge in [-0.2, -0.15) is 0 Å². The second kappa shape index (κ2) is 3.79. The molecule has 0 atom stereocenters. The molecule has 0 amide bonds. The van der Waals surface area contributed by atoms with E-state index in [0.717, 1.165) is 12.0 Å². The van der Waals surface area contributed by atoms with Crippen LogP contribution in [0.25, 0.3) is 0 Å². The molecule has 2 nitrogen and oxygen atoms in total. The van der Waals surface area contributed by atoms with Gasteiger partial charge in [0.2, 0.25) is 0 Å². The van der Waals surface area contributed by atoms with Crippen molar-refractivity contribution in [3.63, 3.8) is 0 Å². The SMILES string of the molecule is COC(C)(C)Cc1cccc(O)c1. The summed E-state index contributed by atoms with van der Waals surface area (Å²) in [4.78, 5) is 0. The summed E-state index contributed by atoms with van der Waals surface area (Å²) in [6, 6.07) is 7.26. The van der Waals surface area contributed by atoms with E-state index in [0.29, 0.717) is 5.75 Å². The monoisotopic (exact) mass is 180 g/mol. The van der Waals surface area contributed by atoms with Crippen molar-refractivity contribution in [2.75, 3.05) is 7.11 Å². The van der Waals surface area contributed by atoms with Gasteiger partial charge in [-0.25, -0.2) is 0 Å². The number of ether oxygens (including phenoxy) is 1. The van der Waals surface area contributed by atoms with E-state index in [1.807, 2.05) is 26.0 Å². The number of hydrogen-bond acceptors (Lipinski definition) is 2. The minimum Gasteiger partial charge on any atom is -0.508 e. The zero-order valence-electron chi connectivity index (χ0n) is 8.37. The highest BCUT2D eigenvalue weighted by molar-refractivity contribution is 5.27. The number of phenols is 1. The summed E-state index contributed by atoms with van der Waals surface area (Å²) in [7, 11) is 1.70. The van der Waals surface area contributed by atoms with E-state index in [9.17, 15) is 5.11 Å². The van der Waals surface area contributed by atoms with Gasteiger partial charge in [0.1, 0.15) is 5.75 Å². The Labute approximate surface area is 79.2 Å². The van der Waals surface area contributed by atoms with E-state index >= 15 is 0 Å². The summed E-state index contributed by atoms with van der Waals surface area (Å²) < 4.78 is 5.30. The topological polar surface area (TPSA) is 29.5 Å². The molecule has 1 rings (SSSR count). The minimum atomic E-state index is -0.173. The molecule has 1 aromatic carbocycles. The third-order valence-electron chi connectivity index (χ3n) is 2.09. The van der Waals surface area contributed by atoms with Crippen molar-refractivity contribution >= 4 is 0 Å². The molecule has 0 bridgehead atoms.